The van der Waals surface area contributed by atoms with Crippen LogP contribution >= 0.6 is 0 Å². The highest BCUT2D eigenvalue weighted by Crippen LogP contribution is 2.27. The molecule has 0 radical (unpaired) electrons. The molecule has 3 aromatic heterocycles. The molecule has 0 spiro atoms. The maximum absolute atomic E-state index is 4.73. The Morgan fingerprint density at radius 1 is 0.840 bits per heavy atom. The van der Waals surface area contributed by atoms with E-state index in [1.54, 1.807) is 4.52 Å². The van der Waals surface area contributed by atoms with Gasteiger partial charge in [-0.25, -0.2) is 0 Å². The summed E-state index contributed by atoms with van der Waals surface area (Å²) >= 11 is 0. The zero-order valence-corrected chi connectivity index (χ0v) is 15.2. The quantitative estimate of drug-likeness (QED) is 0.554. The van der Waals surface area contributed by atoms with Crippen molar-refractivity contribution >= 4 is 39.5 Å². The Hall–Kier alpha value is -3.03. The summed E-state index contributed by atoms with van der Waals surface area (Å²) in [5, 5.41) is 14.5. The smallest absolute Gasteiger partial charge is 0.228 e. The first-order valence-corrected chi connectivity index (χ1v) is 8.05. The first kappa shape index (κ1) is 15.5. The van der Waals surface area contributed by atoms with Gasteiger partial charge in [0.25, 0.3) is 0 Å². The van der Waals surface area contributed by atoms with E-state index < -0.39 is 0 Å². The first-order valence-electron chi connectivity index (χ1n) is 8.05. The molecule has 1 aromatic carbocycles. The normalized spacial score (nSPS) is 11.6. The predicted molar refractivity (Wildman–Crippen MR) is 99.5 cm³/mol. The highest BCUT2D eigenvalue weighted by atomic mass is 15.4. The number of aromatic nitrogens is 6. The fraction of sp³-hybridized carbons (Fsp3) is 0.353. The number of aryl methyl sites for hydroxylation is 2. The number of fused-ring (bicyclic) bond motifs is 5. The standard InChI is InChI=1S/C17H20N8/c1-9-7-11-12(8-10(9)2)22-25-14(11)21-20-13-15(23(3)4)18-17(24(5)6)19-16(13)25/h7-8H,1-6H3. The molecule has 8 nitrogen and oxygen atoms in total. The Morgan fingerprint density at radius 2 is 1.56 bits per heavy atom. The third-order valence-electron chi connectivity index (χ3n) is 4.37. The third kappa shape index (κ3) is 2.25. The zero-order chi connectivity index (χ0) is 17.9. The van der Waals surface area contributed by atoms with Crippen LogP contribution in [-0.2, 0) is 0 Å². The summed E-state index contributed by atoms with van der Waals surface area (Å²) in [5.74, 6) is 1.33. The Kier molecular flexibility index (Phi) is 3.24. The molecule has 25 heavy (non-hydrogen) atoms. The fourth-order valence-corrected chi connectivity index (χ4v) is 2.84. The van der Waals surface area contributed by atoms with Crippen LogP contribution in [0.2, 0.25) is 0 Å². The second-order valence-corrected chi connectivity index (χ2v) is 6.70. The average molecular weight is 336 g/mol. The highest BCUT2D eigenvalue weighted by Gasteiger charge is 2.18. The minimum atomic E-state index is 0.609. The molecule has 0 bridgehead atoms. The lowest BCUT2D eigenvalue weighted by atomic mass is 10.1. The molecule has 0 aliphatic carbocycles. The first-order chi connectivity index (χ1) is 11.9. The van der Waals surface area contributed by atoms with Crippen LogP contribution in [0.3, 0.4) is 0 Å². The van der Waals surface area contributed by atoms with Gasteiger partial charge in [0.1, 0.15) is 0 Å². The van der Waals surface area contributed by atoms with E-state index in [1.165, 1.54) is 11.1 Å². The molecule has 3 heterocycles. The number of hydrogen-bond acceptors (Lipinski definition) is 7. The summed E-state index contributed by atoms with van der Waals surface area (Å²) in [5.41, 5.74) is 5.28. The summed E-state index contributed by atoms with van der Waals surface area (Å²) in [6, 6.07) is 4.18. The van der Waals surface area contributed by atoms with Gasteiger partial charge in [0.05, 0.1) is 5.52 Å². The van der Waals surface area contributed by atoms with E-state index in [1.807, 2.05) is 38.0 Å². The topological polar surface area (TPSA) is 75.3 Å². The second-order valence-electron chi connectivity index (χ2n) is 6.70. The monoisotopic (exact) mass is 336 g/mol. The molecular formula is C17H20N8. The van der Waals surface area contributed by atoms with Crippen LogP contribution < -0.4 is 9.80 Å². The molecule has 0 unspecified atom stereocenters. The molecule has 0 fully saturated rings. The lowest BCUT2D eigenvalue weighted by Gasteiger charge is -2.17. The van der Waals surface area contributed by atoms with Crippen LogP contribution in [0.1, 0.15) is 11.1 Å². The van der Waals surface area contributed by atoms with Crippen molar-refractivity contribution in [1.82, 2.24) is 29.8 Å². The summed E-state index contributed by atoms with van der Waals surface area (Å²) in [6.07, 6.45) is 0. The largest absolute Gasteiger partial charge is 0.361 e. The van der Waals surface area contributed by atoms with Crippen molar-refractivity contribution in [2.24, 2.45) is 0 Å². The number of anilines is 2. The van der Waals surface area contributed by atoms with E-state index >= 15 is 0 Å². The van der Waals surface area contributed by atoms with Crippen LogP contribution in [-0.4, -0.2) is 58.0 Å². The Bertz CT molecular complexity index is 1130. The van der Waals surface area contributed by atoms with E-state index in [9.17, 15) is 0 Å². The molecule has 0 N–H and O–H groups in total. The van der Waals surface area contributed by atoms with Gasteiger partial charge in [-0.3, -0.25) is 0 Å². The van der Waals surface area contributed by atoms with Crippen molar-refractivity contribution in [3.63, 3.8) is 0 Å². The highest BCUT2D eigenvalue weighted by molar-refractivity contribution is 5.96. The van der Waals surface area contributed by atoms with Gasteiger partial charge in [-0.05, 0) is 37.1 Å². The molecule has 0 saturated carbocycles. The van der Waals surface area contributed by atoms with Gasteiger partial charge in [-0.1, -0.05) is 0 Å². The molecule has 128 valence electrons. The number of nitrogens with zero attached hydrogens (tertiary/aromatic N) is 8. The zero-order valence-electron chi connectivity index (χ0n) is 15.2. The SMILES string of the molecule is Cc1cc2nn3c4nc(N(C)C)nc(N(C)C)c4nnc3c2cc1C. The summed E-state index contributed by atoms with van der Waals surface area (Å²) in [7, 11) is 7.69. The average Bonchev–Trinajstić information content (AvgIpc) is 2.91. The Morgan fingerprint density at radius 3 is 2.24 bits per heavy atom. The molecule has 0 atom stereocenters. The molecule has 4 rings (SSSR count). The molecule has 4 aromatic rings. The second kappa shape index (κ2) is 5.23. The van der Waals surface area contributed by atoms with Crippen molar-refractivity contribution in [1.29, 1.82) is 0 Å². The number of hydrogen-bond donors (Lipinski definition) is 0. The van der Waals surface area contributed by atoms with Gasteiger partial charge < -0.3 is 9.80 Å². The fourth-order valence-electron chi connectivity index (χ4n) is 2.84. The minimum absolute atomic E-state index is 0.609. The van der Waals surface area contributed by atoms with Crippen LogP contribution in [0.5, 0.6) is 0 Å². The Labute approximate surface area is 145 Å². The van der Waals surface area contributed by atoms with Gasteiger partial charge >= 0.3 is 0 Å². The maximum atomic E-state index is 4.73. The summed E-state index contributed by atoms with van der Waals surface area (Å²) < 4.78 is 1.77. The summed E-state index contributed by atoms with van der Waals surface area (Å²) in [4.78, 5) is 13.0. The van der Waals surface area contributed by atoms with Gasteiger partial charge in [0, 0.05) is 33.6 Å². The van der Waals surface area contributed by atoms with Gasteiger partial charge in [-0.2, -0.15) is 19.6 Å². The predicted octanol–water partition coefficient (Wildman–Crippen LogP) is 1.97. The van der Waals surface area contributed by atoms with E-state index in [2.05, 4.69) is 46.1 Å². The van der Waals surface area contributed by atoms with Crippen molar-refractivity contribution in [2.45, 2.75) is 13.8 Å². The molecule has 0 saturated heterocycles. The minimum Gasteiger partial charge on any atom is -0.361 e. The van der Waals surface area contributed by atoms with E-state index in [0.717, 1.165) is 16.7 Å². The van der Waals surface area contributed by atoms with Crippen LogP contribution in [0, 0.1) is 13.8 Å². The molecule has 0 amide bonds. The number of benzene rings is 1. The van der Waals surface area contributed by atoms with Crippen molar-refractivity contribution in [3.8, 4) is 0 Å². The molecular weight excluding hydrogens is 316 g/mol. The van der Waals surface area contributed by atoms with E-state index in [-0.39, 0.29) is 0 Å². The van der Waals surface area contributed by atoms with Gasteiger partial charge in [0.2, 0.25) is 5.95 Å². The molecule has 0 aliphatic heterocycles. The van der Waals surface area contributed by atoms with Gasteiger partial charge in [-0.15, -0.1) is 10.2 Å². The Balaban J connectivity index is 2.18. The molecule has 0 aliphatic rings. The maximum Gasteiger partial charge on any atom is 0.228 e. The van der Waals surface area contributed by atoms with Gasteiger partial charge in [0.15, 0.2) is 22.6 Å². The van der Waals surface area contributed by atoms with Crippen molar-refractivity contribution < 1.29 is 0 Å². The summed E-state index contributed by atoms with van der Waals surface area (Å²) in [6.45, 7) is 4.17. The third-order valence-corrected chi connectivity index (χ3v) is 4.37. The van der Waals surface area contributed by atoms with E-state index in [0.29, 0.717) is 22.8 Å². The van der Waals surface area contributed by atoms with Crippen molar-refractivity contribution in [3.05, 3.63) is 23.3 Å². The van der Waals surface area contributed by atoms with E-state index in [4.69, 9.17) is 5.10 Å². The number of rotatable bonds is 2. The lowest BCUT2D eigenvalue weighted by Crippen LogP contribution is -2.19. The van der Waals surface area contributed by atoms with Crippen molar-refractivity contribution in [2.75, 3.05) is 38.0 Å². The lowest BCUT2D eigenvalue weighted by molar-refractivity contribution is 0.905. The van der Waals surface area contributed by atoms with Crippen LogP contribution in [0.4, 0.5) is 11.8 Å². The van der Waals surface area contributed by atoms with Crippen LogP contribution in [0.15, 0.2) is 12.1 Å². The molecule has 8 heteroatoms. The van der Waals surface area contributed by atoms with Crippen LogP contribution in [0.25, 0.3) is 27.7 Å².